The molecule has 0 radical (unpaired) electrons. The quantitative estimate of drug-likeness (QED) is 0.504. The maximum absolute atomic E-state index is 11.8. The third kappa shape index (κ3) is 5.64. The van der Waals surface area contributed by atoms with E-state index < -0.39 is 0 Å². The predicted molar refractivity (Wildman–Crippen MR) is 99.0 cm³/mol. The molecule has 0 spiro atoms. The van der Waals surface area contributed by atoms with Crippen molar-refractivity contribution >= 4 is 55.6 Å². The molecule has 0 aliphatic carbocycles. The van der Waals surface area contributed by atoms with E-state index in [4.69, 9.17) is 11.6 Å². The lowest BCUT2D eigenvalue weighted by Crippen LogP contribution is -2.17. The molecule has 0 saturated carbocycles. The summed E-state index contributed by atoms with van der Waals surface area (Å²) in [6.45, 7) is 0. The summed E-state index contributed by atoms with van der Waals surface area (Å²) in [5, 5.41) is 14.2. The first-order valence-corrected chi connectivity index (χ1v) is 8.66. The zero-order valence-electron chi connectivity index (χ0n) is 11.9. The van der Waals surface area contributed by atoms with Crippen molar-refractivity contribution < 1.29 is 9.90 Å². The topological polar surface area (TPSA) is 61.7 Å². The SMILES string of the molecule is O=C(CCc1ccc(Cl)cc1)N/N=C/c1cc(Br)c(O)c(Br)c1. The van der Waals surface area contributed by atoms with E-state index in [1.165, 1.54) is 6.21 Å². The second kappa shape index (κ2) is 8.47. The first kappa shape index (κ1) is 18.0. The first-order valence-electron chi connectivity index (χ1n) is 6.70. The van der Waals surface area contributed by atoms with Gasteiger partial charge >= 0.3 is 0 Å². The minimum Gasteiger partial charge on any atom is -0.506 e. The van der Waals surface area contributed by atoms with Gasteiger partial charge in [0, 0.05) is 11.4 Å². The van der Waals surface area contributed by atoms with Gasteiger partial charge in [0.25, 0.3) is 0 Å². The van der Waals surface area contributed by atoms with E-state index in [0.29, 0.717) is 26.8 Å². The molecule has 2 rings (SSSR count). The van der Waals surface area contributed by atoms with E-state index in [-0.39, 0.29) is 11.7 Å². The summed E-state index contributed by atoms with van der Waals surface area (Å²) in [5.41, 5.74) is 4.25. The van der Waals surface area contributed by atoms with Gasteiger partial charge in [0.15, 0.2) is 0 Å². The van der Waals surface area contributed by atoms with Gasteiger partial charge in [-0.1, -0.05) is 23.7 Å². The number of phenols is 1. The van der Waals surface area contributed by atoms with Crippen molar-refractivity contribution in [3.8, 4) is 5.75 Å². The summed E-state index contributed by atoms with van der Waals surface area (Å²) in [6, 6.07) is 10.8. The van der Waals surface area contributed by atoms with Crippen LogP contribution in [0.4, 0.5) is 0 Å². The van der Waals surface area contributed by atoms with Crippen molar-refractivity contribution in [2.75, 3.05) is 0 Å². The number of rotatable bonds is 5. The number of aryl methyl sites for hydroxylation is 1. The Labute approximate surface area is 155 Å². The molecular weight excluding hydrogens is 447 g/mol. The summed E-state index contributed by atoms with van der Waals surface area (Å²) >= 11 is 12.3. The van der Waals surface area contributed by atoms with Gasteiger partial charge in [0.2, 0.25) is 5.91 Å². The summed E-state index contributed by atoms with van der Waals surface area (Å²) < 4.78 is 1.09. The normalized spacial score (nSPS) is 10.9. The summed E-state index contributed by atoms with van der Waals surface area (Å²) in [4.78, 5) is 11.8. The van der Waals surface area contributed by atoms with Gasteiger partial charge in [0.1, 0.15) is 5.75 Å². The number of phenolic OH excluding ortho intramolecular Hbond substituents is 1. The fourth-order valence-electron chi connectivity index (χ4n) is 1.80. The summed E-state index contributed by atoms with van der Waals surface area (Å²) in [6.07, 6.45) is 2.46. The van der Waals surface area contributed by atoms with Crippen molar-refractivity contribution in [1.29, 1.82) is 0 Å². The maximum atomic E-state index is 11.8. The second-order valence-corrected chi connectivity index (χ2v) is 6.90. The number of hydrazone groups is 1. The monoisotopic (exact) mass is 458 g/mol. The van der Waals surface area contributed by atoms with Crippen molar-refractivity contribution in [1.82, 2.24) is 5.43 Å². The molecule has 0 aliphatic rings. The van der Waals surface area contributed by atoms with Gasteiger partial charge in [-0.25, -0.2) is 5.43 Å². The minimum atomic E-state index is -0.173. The molecule has 23 heavy (non-hydrogen) atoms. The van der Waals surface area contributed by atoms with Crippen molar-refractivity contribution in [2.45, 2.75) is 12.8 Å². The summed E-state index contributed by atoms with van der Waals surface area (Å²) in [5.74, 6) is -0.0535. The fourth-order valence-corrected chi connectivity index (χ4v) is 3.15. The van der Waals surface area contributed by atoms with Crippen LogP contribution in [0.5, 0.6) is 5.75 Å². The Morgan fingerprint density at radius 2 is 1.83 bits per heavy atom. The lowest BCUT2D eigenvalue weighted by molar-refractivity contribution is -0.121. The number of nitrogens with one attached hydrogen (secondary N) is 1. The average Bonchev–Trinajstić information content (AvgIpc) is 2.52. The molecule has 120 valence electrons. The Kier molecular flexibility index (Phi) is 6.62. The number of hydrogen-bond acceptors (Lipinski definition) is 3. The molecular formula is C16H13Br2ClN2O2. The van der Waals surface area contributed by atoms with Crippen LogP contribution in [0.1, 0.15) is 17.5 Å². The van der Waals surface area contributed by atoms with Gasteiger partial charge in [-0.15, -0.1) is 0 Å². The summed E-state index contributed by atoms with van der Waals surface area (Å²) in [7, 11) is 0. The van der Waals surface area contributed by atoms with E-state index in [1.54, 1.807) is 24.3 Å². The number of benzene rings is 2. The van der Waals surface area contributed by atoms with Crippen LogP contribution < -0.4 is 5.43 Å². The third-order valence-corrected chi connectivity index (χ3v) is 4.46. The van der Waals surface area contributed by atoms with Gasteiger partial charge in [-0.3, -0.25) is 4.79 Å². The first-order chi connectivity index (χ1) is 11.0. The van der Waals surface area contributed by atoms with Crippen LogP contribution in [-0.2, 0) is 11.2 Å². The Morgan fingerprint density at radius 1 is 1.22 bits per heavy atom. The molecule has 0 bridgehead atoms. The van der Waals surface area contributed by atoms with Crippen LogP contribution in [0.25, 0.3) is 0 Å². The van der Waals surface area contributed by atoms with Crippen LogP contribution in [0, 0.1) is 0 Å². The largest absolute Gasteiger partial charge is 0.506 e. The Morgan fingerprint density at radius 3 is 2.43 bits per heavy atom. The molecule has 7 heteroatoms. The van der Waals surface area contributed by atoms with Gasteiger partial charge in [0.05, 0.1) is 15.2 Å². The Balaban J connectivity index is 1.85. The van der Waals surface area contributed by atoms with Crippen LogP contribution in [0.2, 0.25) is 5.02 Å². The molecule has 0 unspecified atom stereocenters. The van der Waals surface area contributed by atoms with Gasteiger partial charge in [-0.2, -0.15) is 5.10 Å². The van der Waals surface area contributed by atoms with E-state index >= 15 is 0 Å². The van der Waals surface area contributed by atoms with Crippen LogP contribution in [0.15, 0.2) is 50.4 Å². The van der Waals surface area contributed by atoms with Crippen LogP contribution in [0.3, 0.4) is 0 Å². The number of carbonyl (C=O) groups excluding carboxylic acids is 1. The zero-order valence-corrected chi connectivity index (χ0v) is 15.8. The molecule has 2 aromatic rings. The average molecular weight is 461 g/mol. The predicted octanol–water partition coefficient (Wildman–Crippen LogP) is 4.65. The molecule has 0 aromatic heterocycles. The Hall–Kier alpha value is -1.37. The zero-order chi connectivity index (χ0) is 16.8. The highest BCUT2D eigenvalue weighted by molar-refractivity contribution is 9.11. The molecule has 0 atom stereocenters. The van der Waals surface area contributed by atoms with E-state index in [1.807, 2.05) is 12.1 Å². The van der Waals surface area contributed by atoms with Crippen molar-refractivity contribution in [3.05, 3.63) is 61.5 Å². The van der Waals surface area contributed by atoms with E-state index in [9.17, 15) is 9.90 Å². The molecule has 4 nitrogen and oxygen atoms in total. The number of nitrogens with zero attached hydrogens (tertiary/aromatic N) is 1. The third-order valence-electron chi connectivity index (χ3n) is 3.00. The molecule has 2 N–H and O–H groups in total. The fraction of sp³-hybridized carbons (Fsp3) is 0.125. The molecule has 0 heterocycles. The standard InChI is InChI=1S/C16H13Br2ClN2O2/c17-13-7-11(8-14(18)16(13)23)9-20-21-15(22)6-3-10-1-4-12(19)5-2-10/h1-2,4-5,7-9,23H,3,6H2,(H,21,22)/b20-9+. The highest BCUT2D eigenvalue weighted by Crippen LogP contribution is 2.32. The number of amides is 1. The van der Waals surface area contributed by atoms with Gasteiger partial charge in [-0.05, 0) is 73.7 Å². The van der Waals surface area contributed by atoms with E-state index in [0.717, 1.165) is 11.1 Å². The lowest BCUT2D eigenvalue weighted by atomic mass is 10.1. The van der Waals surface area contributed by atoms with Crippen LogP contribution in [-0.4, -0.2) is 17.2 Å². The molecule has 0 aliphatic heterocycles. The molecule has 0 saturated heterocycles. The van der Waals surface area contributed by atoms with Crippen LogP contribution >= 0.6 is 43.5 Å². The number of aromatic hydroxyl groups is 1. The maximum Gasteiger partial charge on any atom is 0.240 e. The molecule has 1 amide bonds. The highest BCUT2D eigenvalue weighted by atomic mass is 79.9. The number of halogens is 3. The second-order valence-electron chi connectivity index (χ2n) is 4.75. The smallest absolute Gasteiger partial charge is 0.240 e. The number of hydrogen-bond donors (Lipinski definition) is 2. The molecule has 2 aromatic carbocycles. The number of carbonyl (C=O) groups is 1. The molecule has 0 fully saturated rings. The van der Waals surface area contributed by atoms with Gasteiger partial charge < -0.3 is 5.11 Å². The van der Waals surface area contributed by atoms with Crippen molar-refractivity contribution in [3.63, 3.8) is 0 Å². The van der Waals surface area contributed by atoms with Crippen molar-refractivity contribution in [2.24, 2.45) is 5.10 Å². The van der Waals surface area contributed by atoms with E-state index in [2.05, 4.69) is 42.4 Å². The minimum absolute atomic E-state index is 0.120. The highest BCUT2D eigenvalue weighted by Gasteiger charge is 2.05. The lowest BCUT2D eigenvalue weighted by Gasteiger charge is -2.03. The Bertz CT molecular complexity index is 710.